The molecule has 0 fully saturated rings. The summed E-state index contributed by atoms with van der Waals surface area (Å²) in [6.07, 6.45) is 1.62. The van der Waals surface area contributed by atoms with Gasteiger partial charge in [-0.3, -0.25) is 9.59 Å². The van der Waals surface area contributed by atoms with Gasteiger partial charge in [-0.05, 0) is 13.0 Å². The van der Waals surface area contributed by atoms with Crippen LogP contribution in [0.5, 0.6) is 0 Å². The minimum absolute atomic E-state index is 0.124. The summed E-state index contributed by atoms with van der Waals surface area (Å²) in [4.78, 5) is 30.1. The van der Waals surface area contributed by atoms with Crippen molar-refractivity contribution in [1.82, 2.24) is 15.5 Å². The largest absolute Gasteiger partial charge is 0.360 e. The van der Waals surface area contributed by atoms with Gasteiger partial charge in [-0.2, -0.15) is 0 Å². The van der Waals surface area contributed by atoms with E-state index in [0.717, 1.165) is 5.56 Å². The fourth-order valence-electron chi connectivity index (χ4n) is 3.25. The van der Waals surface area contributed by atoms with E-state index in [9.17, 15) is 9.59 Å². The molecule has 0 saturated heterocycles. The first-order valence-electron chi connectivity index (χ1n) is 10.6. The van der Waals surface area contributed by atoms with Gasteiger partial charge in [0.05, 0.1) is 10.8 Å². The Morgan fingerprint density at radius 3 is 2.63 bits per heavy atom. The van der Waals surface area contributed by atoms with E-state index >= 15 is 0 Å². The fourth-order valence-corrected chi connectivity index (χ4v) is 5.36. The second-order valence-electron chi connectivity index (χ2n) is 7.30. The molecular formula is C25H21ClN4O3S2. The molecule has 4 aromatic rings. The second-order valence-corrected chi connectivity index (χ2v) is 9.93. The summed E-state index contributed by atoms with van der Waals surface area (Å²) in [6.45, 7) is 5.67. The molecule has 0 atom stereocenters. The third-order valence-corrected chi connectivity index (χ3v) is 7.31. The van der Waals surface area contributed by atoms with Gasteiger partial charge in [0.25, 0.3) is 5.91 Å². The lowest BCUT2D eigenvalue weighted by Gasteiger charge is -2.07. The number of nitrogens with zero attached hydrogens (tertiary/aromatic N) is 2. The summed E-state index contributed by atoms with van der Waals surface area (Å²) in [6, 6.07) is 16.7. The molecule has 10 heteroatoms. The van der Waals surface area contributed by atoms with Crippen LogP contribution in [0, 0.1) is 6.92 Å². The number of thioether (sulfide) groups is 1. The van der Waals surface area contributed by atoms with Crippen molar-refractivity contribution < 1.29 is 14.1 Å². The van der Waals surface area contributed by atoms with Crippen LogP contribution < -0.4 is 10.6 Å². The zero-order valence-electron chi connectivity index (χ0n) is 18.7. The second kappa shape index (κ2) is 11.4. The molecular weight excluding hydrogens is 504 g/mol. The number of benzene rings is 2. The summed E-state index contributed by atoms with van der Waals surface area (Å²) < 4.78 is 6.00. The average molecular weight is 525 g/mol. The van der Waals surface area contributed by atoms with Crippen molar-refractivity contribution in [1.29, 1.82) is 0 Å². The molecule has 0 radical (unpaired) electrons. The molecule has 0 aliphatic carbocycles. The summed E-state index contributed by atoms with van der Waals surface area (Å²) in [5, 5.41) is 10.8. The number of aryl methyl sites for hydroxylation is 1. The summed E-state index contributed by atoms with van der Waals surface area (Å²) in [5.41, 5.74) is 2.72. The van der Waals surface area contributed by atoms with Gasteiger partial charge in [0.2, 0.25) is 5.91 Å². The maximum Gasteiger partial charge on any atom is 0.262 e. The van der Waals surface area contributed by atoms with E-state index < -0.39 is 0 Å². The molecule has 7 nitrogen and oxygen atoms in total. The number of halogens is 1. The molecule has 2 aromatic carbocycles. The molecule has 0 aliphatic heterocycles. The van der Waals surface area contributed by atoms with Crippen LogP contribution in [-0.4, -0.2) is 34.3 Å². The fraction of sp³-hybridized carbons (Fsp3) is 0.120. The van der Waals surface area contributed by atoms with Gasteiger partial charge in [0.15, 0.2) is 4.34 Å². The van der Waals surface area contributed by atoms with E-state index in [1.165, 1.54) is 23.1 Å². The van der Waals surface area contributed by atoms with Crippen LogP contribution in [0.2, 0.25) is 5.02 Å². The highest BCUT2D eigenvalue weighted by atomic mass is 35.5. The number of hydrogen-bond acceptors (Lipinski definition) is 7. The Morgan fingerprint density at radius 2 is 1.89 bits per heavy atom. The SMILES string of the molecule is C=CCNC(=O)CSc1nc(-c2ccccc2)c(NC(=O)c2c(-c3ccccc3Cl)noc2C)s1. The van der Waals surface area contributed by atoms with Crippen molar-refractivity contribution >= 4 is 51.5 Å². The zero-order chi connectivity index (χ0) is 24.8. The van der Waals surface area contributed by atoms with Crippen LogP contribution in [0.1, 0.15) is 16.1 Å². The normalized spacial score (nSPS) is 10.7. The molecule has 2 N–H and O–H groups in total. The van der Waals surface area contributed by atoms with Crippen LogP contribution in [0.3, 0.4) is 0 Å². The topological polar surface area (TPSA) is 97.1 Å². The first kappa shape index (κ1) is 24.7. The molecule has 2 heterocycles. The number of rotatable bonds is 9. The Bertz CT molecular complexity index is 1370. The highest BCUT2D eigenvalue weighted by Crippen LogP contribution is 2.39. The van der Waals surface area contributed by atoms with E-state index in [1.807, 2.05) is 36.4 Å². The third kappa shape index (κ3) is 5.82. The third-order valence-electron chi connectivity index (χ3n) is 4.87. The predicted octanol–water partition coefficient (Wildman–Crippen LogP) is 6.07. The van der Waals surface area contributed by atoms with Crippen LogP contribution in [0.4, 0.5) is 5.00 Å². The van der Waals surface area contributed by atoms with Crippen LogP contribution in [0.15, 0.2) is 76.1 Å². The van der Waals surface area contributed by atoms with E-state index in [2.05, 4.69) is 22.4 Å². The number of carbonyl (C=O) groups excluding carboxylic acids is 2. The van der Waals surface area contributed by atoms with Crippen molar-refractivity contribution in [3.63, 3.8) is 0 Å². The average Bonchev–Trinajstić information content (AvgIpc) is 3.45. The van der Waals surface area contributed by atoms with Gasteiger partial charge in [-0.25, -0.2) is 4.98 Å². The number of hydrogen-bond donors (Lipinski definition) is 2. The minimum atomic E-state index is -0.389. The summed E-state index contributed by atoms with van der Waals surface area (Å²) >= 11 is 8.94. The predicted molar refractivity (Wildman–Crippen MR) is 141 cm³/mol. The standard InChI is InChI=1S/C25H21ClN4O3S2/c1-3-13-27-19(31)14-34-25-28-21(16-9-5-4-6-10-16)24(35-25)29-23(32)20-15(2)33-30-22(20)17-11-7-8-12-18(17)26/h3-12H,1,13-14H2,2H3,(H,27,31)(H,29,32). The molecule has 0 spiro atoms. The lowest BCUT2D eigenvalue weighted by Crippen LogP contribution is -2.24. The minimum Gasteiger partial charge on any atom is -0.360 e. The summed E-state index contributed by atoms with van der Waals surface area (Å²) in [5.74, 6) is 0.0579. The first-order valence-corrected chi connectivity index (χ1v) is 12.7. The van der Waals surface area contributed by atoms with E-state index in [0.29, 0.717) is 49.2 Å². The molecule has 4 rings (SSSR count). The van der Waals surface area contributed by atoms with Crippen molar-refractivity contribution in [3.8, 4) is 22.5 Å². The molecule has 178 valence electrons. The van der Waals surface area contributed by atoms with Gasteiger partial charge >= 0.3 is 0 Å². The highest BCUT2D eigenvalue weighted by molar-refractivity contribution is 8.01. The van der Waals surface area contributed by atoms with Crippen molar-refractivity contribution in [2.45, 2.75) is 11.3 Å². The van der Waals surface area contributed by atoms with Gasteiger partial charge in [0, 0.05) is 17.7 Å². The molecule has 0 unspecified atom stereocenters. The first-order chi connectivity index (χ1) is 17.0. The van der Waals surface area contributed by atoms with Gasteiger partial charge < -0.3 is 15.2 Å². The Balaban J connectivity index is 1.64. The Hall–Kier alpha value is -3.40. The number of aromatic nitrogens is 2. The van der Waals surface area contributed by atoms with E-state index in [1.54, 1.807) is 31.2 Å². The van der Waals surface area contributed by atoms with Crippen molar-refractivity contribution in [2.24, 2.45) is 0 Å². The smallest absolute Gasteiger partial charge is 0.262 e. The maximum absolute atomic E-state index is 13.4. The number of carbonyl (C=O) groups is 2. The molecule has 35 heavy (non-hydrogen) atoms. The van der Waals surface area contributed by atoms with Gasteiger partial charge in [0.1, 0.15) is 27.7 Å². The number of amides is 2. The van der Waals surface area contributed by atoms with Crippen LogP contribution in [-0.2, 0) is 4.79 Å². The number of thiazole rings is 1. The molecule has 0 bridgehead atoms. The zero-order valence-corrected chi connectivity index (χ0v) is 21.1. The Kier molecular flexibility index (Phi) is 8.02. The van der Waals surface area contributed by atoms with Gasteiger partial charge in [-0.1, -0.05) is 94.5 Å². The summed E-state index contributed by atoms with van der Waals surface area (Å²) in [7, 11) is 0. The lowest BCUT2D eigenvalue weighted by atomic mass is 10.1. The quantitative estimate of drug-likeness (QED) is 0.203. The Morgan fingerprint density at radius 1 is 1.14 bits per heavy atom. The maximum atomic E-state index is 13.4. The highest BCUT2D eigenvalue weighted by Gasteiger charge is 2.25. The Labute approximate surface area is 215 Å². The number of anilines is 1. The molecule has 0 saturated carbocycles. The molecule has 2 amide bonds. The van der Waals surface area contributed by atoms with Crippen molar-refractivity contribution in [2.75, 3.05) is 17.6 Å². The van der Waals surface area contributed by atoms with Crippen molar-refractivity contribution in [3.05, 3.63) is 83.6 Å². The lowest BCUT2D eigenvalue weighted by molar-refractivity contribution is -0.118. The molecule has 0 aliphatic rings. The van der Waals surface area contributed by atoms with Crippen LogP contribution >= 0.6 is 34.7 Å². The van der Waals surface area contributed by atoms with E-state index in [4.69, 9.17) is 21.1 Å². The van der Waals surface area contributed by atoms with Gasteiger partial charge in [-0.15, -0.1) is 6.58 Å². The monoisotopic (exact) mass is 524 g/mol. The van der Waals surface area contributed by atoms with E-state index in [-0.39, 0.29) is 17.6 Å². The number of nitrogens with one attached hydrogen (secondary N) is 2. The molecule has 2 aromatic heterocycles. The van der Waals surface area contributed by atoms with Crippen LogP contribution in [0.25, 0.3) is 22.5 Å².